The second-order valence-corrected chi connectivity index (χ2v) is 4.91. The van der Waals surface area contributed by atoms with Gasteiger partial charge in [0.1, 0.15) is 5.82 Å². The Morgan fingerprint density at radius 3 is 2.94 bits per heavy atom. The van der Waals surface area contributed by atoms with Crippen LogP contribution in [-0.2, 0) is 0 Å². The first-order valence-corrected chi connectivity index (χ1v) is 6.30. The third-order valence-electron chi connectivity index (χ3n) is 3.46. The molecule has 2 rings (SSSR count). The van der Waals surface area contributed by atoms with Crippen molar-refractivity contribution in [3.63, 3.8) is 0 Å². The van der Waals surface area contributed by atoms with Gasteiger partial charge in [-0.2, -0.15) is 0 Å². The molecule has 16 heavy (non-hydrogen) atoms. The standard InChI is InChI=1S/C13H17ClFN/c1-2-9-4-3-5-12(9)16-13-7-6-10(14)8-11(13)15/h6-9,12,16H,2-5H2,1H3. The van der Waals surface area contributed by atoms with E-state index in [2.05, 4.69) is 12.2 Å². The summed E-state index contributed by atoms with van der Waals surface area (Å²) in [5.41, 5.74) is 0.578. The van der Waals surface area contributed by atoms with E-state index in [1.165, 1.54) is 18.9 Å². The molecule has 1 aromatic rings. The topological polar surface area (TPSA) is 12.0 Å². The third-order valence-corrected chi connectivity index (χ3v) is 3.69. The lowest BCUT2D eigenvalue weighted by Crippen LogP contribution is -2.23. The van der Waals surface area contributed by atoms with Crippen LogP contribution in [-0.4, -0.2) is 6.04 Å². The molecule has 0 bridgehead atoms. The fourth-order valence-electron chi connectivity index (χ4n) is 2.52. The van der Waals surface area contributed by atoms with Gasteiger partial charge in [0.2, 0.25) is 0 Å². The normalized spacial score (nSPS) is 24.7. The Labute approximate surface area is 101 Å². The Balaban J connectivity index is 2.08. The zero-order chi connectivity index (χ0) is 11.5. The molecule has 1 fully saturated rings. The largest absolute Gasteiger partial charge is 0.380 e. The number of nitrogens with one attached hydrogen (secondary N) is 1. The molecule has 0 heterocycles. The van der Waals surface area contributed by atoms with Gasteiger partial charge in [-0.3, -0.25) is 0 Å². The first-order valence-electron chi connectivity index (χ1n) is 5.92. The third kappa shape index (κ3) is 2.49. The van der Waals surface area contributed by atoms with E-state index in [0.717, 1.165) is 12.8 Å². The molecular formula is C13H17ClFN. The fourth-order valence-corrected chi connectivity index (χ4v) is 2.68. The summed E-state index contributed by atoms with van der Waals surface area (Å²) in [6, 6.07) is 5.23. The minimum absolute atomic E-state index is 0.255. The lowest BCUT2D eigenvalue weighted by Gasteiger charge is -2.21. The zero-order valence-corrected chi connectivity index (χ0v) is 10.2. The van der Waals surface area contributed by atoms with Crippen LogP contribution in [0, 0.1) is 11.7 Å². The number of hydrogen-bond acceptors (Lipinski definition) is 1. The van der Waals surface area contributed by atoms with Gasteiger partial charge in [-0.05, 0) is 37.0 Å². The van der Waals surface area contributed by atoms with E-state index < -0.39 is 0 Å². The van der Waals surface area contributed by atoms with Gasteiger partial charge in [0.15, 0.2) is 0 Å². The highest BCUT2D eigenvalue weighted by Gasteiger charge is 2.25. The van der Waals surface area contributed by atoms with Crippen molar-refractivity contribution < 1.29 is 4.39 Å². The Morgan fingerprint density at radius 2 is 2.25 bits per heavy atom. The minimum atomic E-state index is -0.255. The lowest BCUT2D eigenvalue weighted by atomic mass is 10.0. The lowest BCUT2D eigenvalue weighted by molar-refractivity contribution is 0.486. The van der Waals surface area contributed by atoms with Crippen LogP contribution < -0.4 is 5.32 Å². The Hall–Kier alpha value is -0.760. The molecule has 2 atom stereocenters. The molecule has 88 valence electrons. The molecule has 1 N–H and O–H groups in total. The molecule has 1 aliphatic rings. The number of anilines is 1. The summed E-state index contributed by atoms with van der Waals surface area (Å²) >= 11 is 5.72. The molecule has 0 radical (unpaired) electrons. The van der Waals surface area contributed by atoms with Gasteiger partial charge >= 0.3 is 0 Å². The number of benzene rings is 1. The van der Waals surface area contributed by atoms with Crippen LogP contribution in [0.4, 0.5) is 10.1 Å². The van der Waals surface area contributed by atoms with Crippen molar-refractivity contribution in [3.05, 3.63) is 29.0 Å². The predicted octanol–water partition coefficient (Wildman–Crippen LogP) is 4.47. The highest BCUT2D eigenvalue weighted by molar-refractivity contribution is 6.30. The zero-order valence-electron chi connectivity index (χ0n) is 9.47. The van der Waals surface area contributed by atoms with Crippen LogP contribution in [0.15, 0.2) is 18.2 Å². The summed E-state index contributed by atoms with van der Waals surface area (Å²) in [6.07, 6.45) is 4.79. The predicted molar refractivity (Wildman–Crippen MR) is 66.5 cm³/mol. The monoisotopic (exact) mass is 241 g/mol. The van der Waals surface area contributed by atoms with Gasteiger partial charge in [0, 0.05) is 11.1 Å². The fraction of sp³-hybridized carbons (Fsp3) is 0.538. The highest BCUT2D eigenvalue weighted by Crippen LogP contribution is 2.31. The Morgan fingerprint density at radius 1 is 1.44 bits per heavy atom. The number of rotatable bonds is 3. The molecule has 0 aromatic heterocycles. The molecule has 1 nitrogen and oxygen atoms in total. The average Bonchev–Trinajstić information content (AvgIpc) is 2.69. The maximum atomic E-state index is 13.6. The van der Waals surface area contributed by atoms with E-state index in [9.17, 15) is 4.39 Å². The van der Waals surface area contributed by atoms with E-state index >= 15 is 0 Å². The SMILES string of the molecule is CCC1CCCC1Nc1ccc(Cl)cc1F. The van der Waals surface area contributed by atoms with Gasteiger partial charge in [-0.15, -0.1) is 0 Å². The van der Waals surface area contributed by atoms with Crippen molar-refractivity contribution in [1.82, 2.24) is 0 Å². The van der Waals surface area contributed by atoms with Crippen molar-refractivity contribution in [2.45, 2.75) is 38.6 Å². The van der Waals surface area contributed by atoms with Crippen LogP contribution in [0.2, 0.25) is 5.02 Å². The van der Waals surface area contributed by atoms with Crippen molar-refractivity contribution in [1.29, 1.82) is 0 Å². The molecule has 0 amide bonds. The van der Waals surface area contributed by atoms with Crippen molar-refractivity contribution in [2.75, 3.05) is 5.32 Å². The molecule has 0 saturated heterocycles. The van der Waals surface area contributed by atoms with Crippen molar-refractivity contribution in [3.8, 4) is 0 Å². The maximum absolute atomic E-state index is 13.6. The summed E-state index contributed by atoms with van der Waals surface area (Å²) in [5.74, 6) is 0.421. The van der Waals surface area contributed by atoms with Crippen molar-refractivity contribution in [2.24, 2.45) is 5.92 Å². The first kappa shape index (κ1) is 11.7. The molecule has 1 aliphatic carbocycles. The Bertz CT molecular complexity index is 367. The summed E-state index contributed by atoms with van der Waals surface area (Å²) < 4.78 is 13.6. The maximum Gasteiger partial charge on any atom is 0.147 e. The molecule has 0 spiro atoms. The van der Waals surface area contributed by atoms with Gasteiger partial charge < -0.3 is 5.32 Å². The quantitative estimate of drug-likeness (QED) is 0.823. The van der Waals surface area contributed by atoms with Gasteiger partial charge in [-0.25, -0.2) is 4.39 Å². The van der Waals surface area contributed by atoms with Crippen LogP contribution >= 0.6 is 11.6 Å². The van der Waals surface area contributed by atoms with Crippen molar-refractivity contribution >= 4 is 17.3 Å². The minimum Gasteiger partial charge on any atom is -0.380 e. The number of halogens is 2. The van der Waals surface area contributed by atoms with Crippen LogP contribution in [0.1, 0.15) is 32.6 Å². The van der Waals surface area contributed by atoms with Gasteiger partial charge in [0.05, 0.1) is 5.69 Å². The summed E-state index contributed by atoms with van der Waals surface area (Å²) in [6.45, 7) is 2.20. The van der Waals surface area contributed by atoms with Crippen LogP contribution in [0.25, 0.3) is 0 Å². The Kier molecular flexibility index (Phi) is 3.70. The highest BCUT2D eigenvalue weighted by atomic mass is 35.5. The average molecular weight is 242 g/mol. The molecule has 1 saturated carbocycles. The first-order chi connectivity index (χ1) is 7.70. The molecule has 3 heteroatoms. The summed E-state index contributed by atoms with van der Waals surface area (Å²) in [5, 5.41) is 3.75. The second-order valence-electron chi connectivity index (χ2n) is 4.47. The van der Waals surface area contributed by atoms with E-state index in [-0.39, 0.29) is 5.82 Å². The van der Waals surface area contributed by atoms with E-state index in [0.29, 0.717) is 22.7 Å². The van der Waals surface area contributed by atoms with Gasteiger partial charge in [0.25, 0.3) is 0 Å². The van der Waals surface area contributed by atoms with E-state index in [1.54, 1.807) is 12.1 Å². The summed E-state index contributed by atoms with van der Waals surface area (Å²) in [4.78, 5) is 0. The smallest absolute Gasteiger partial charge is 0.147 e. The number of hydrogen-bond donors (Lipinski definition) is 1. The molecular weight excluding hydrogens is 225 g/mol. The van der Waals surface area contributed by atoms with E-state index in [1.807, 2.05) is 0 Å². The molecule has 0 aliphatic heterocycles. The van der Waals surface area contributed by atoms with Gasteiger partial charge in [-0.1, -0.05) is 31.4 Å². The van der Waals surface area contributed by atoms with E-state index in [4.69, 9.17) is 11.6 Å². The van der Waals surface area contributed by atoms with Crippen LogP contribution in [0.5, 0.6) is 0 Å². The molecule has 2 unspecified atom stereocenters. The second kappa shape index (κ2) is 5.05. The molecule has 1 aromatic carbocycles. The summed E-state index contributed by atoms with van der Waals surface area (Å²) in [7, 11) is 0. The van der Waals surface area contributed by atoms with Crippen LogP contribution in [0.3, 0.4) is 0 Å².